The molecular formula is C13H18F3N3. The summed E-state index contributed by atoms with van der Waals surface area (Å²) in [6.07, 6.45) is 0.383. The summed E-state index contributed by atoms with van der Waals surface area (Å²) < 4.78 is 37.4. The fourth-order valence-electron chi connectivity index (χ4n) is 2.44. The van der Waals surface area contributed by atoms with Gasteiger partial charge in [0.2, 0.25) is 0 Å². The van der Waals surface area contributed by atoms with E-state index in [0.29, 0.717) is 11.9 Å². The number of hydrogen-bond donors (Lipinski definition) is 1. The Kier molecular flexibility index (Phi) is 3.99. The third-order valence-corrected chi connectivity index (χ3v) is 3.73. The van der Waals surface area contributed by atoms with E-state index in [-0.39, 0.29) is 6.04 Å². The number of nitrogens with zero attached hydrogens (tertiary/aromatic N) is 2. The minimum absolute atomic E-state index is 0.255. The number of anilines is 1. The molecule has 0 aliphatic heterocycles. The van der Waals surface area contributed by atoms with Gasteiger partial charge in [-0.1, -0.05) is 0 Å². The average molecular weight is 273 g/mol. The van der Waals surface area contributed by atoms with Crippen LogP contribution in [0.3, 0.4) is 0 Å². The molecule has 0 amide bonds. The lowest BCUT2D eigenvalue weighted by molar-refractivity contribution is -0.137. The number of pyridine rings is 1. The number of alkyl halides is 3. The first-order valence-electron chi connectivity index (χ1n) is 6.39. The smallest absolute Gasteiger partial charge is 0.357 e. The number of aromatic nitrogens is 1. The highest BCUT2D eigenvalue weighted by Gasteiger charge is 2.31. The van der Waals surface area contributed by atoms with Crippen molar-refractivity contribution in [3.05, 3.63) is 23.9 Å². The molecule has 0 bridgehead atoms. The summed E-state index contributed by atoms with van der Waals surface area (Å²) in [7, 11) is 1.87. The Morgan fingerprint density at radius 1 is 1.21 bits per heavy atom. The Hall–Kier alpha value is -1.30. The van der Waals surface area contributed by atoms with Crippen molar-refractivity contribution in [3.8, 4) is 0 Å². The molecule has 0 saturated heterocycles. The van der Waals surface area contributed by atoms with E-state index in [1.54, 1.807) is 0 Å². The third kappa shape index (κ3) is 3.37. The third-order valence-electron chi connectivity index (χ3n) is 3.73. The maximum absolute atomic E-state index is 12.5. The molecule has 1 aromatic heterocycles. The van der Waals surface area contributed by atoms with E-state index in [4.69, 9.17) is 5.73 Å². The van der Waals surface area contributed by atoms with E-state index in [9.17, 15) is 13.2 Å². The predicted molar refractivity (Wildman–Crippen MR) is 67.9 cm³/mol. The first-order valence-corrected chi connectivity index (χ1v) is 6.39. The van der Waals surface area contributed by atoms with Crippen LogP contribution in [0.2, 0.25) is 0 Å². The monoisotopic (exact) mass is 273 g/mol. The SMILES string of the molecule is CN(c1ccc(C(F)(F)F)cn1)C1CCC(N)CC1. The van der Waals surface area contributed by atoms with Crippen LogP contribution >= 0.6 is 0 Å². The van der Waals surface area contributed by atoms with Gasteiger partial charge in [0.15, 0.2) is 0 Å². The molecule has 1 aliphatic rings. The summed E-state index contributed by atoms with van der Waals surface area (Å²) in [5.74, 6) is 0.577. The molecule has 19 heavy (non-hydrogen) atoms. The van der Waals surface area contributed by atoms with Crippen molar-refractivity contribution in [2.75, 3.05) is 11.9 Å². The van der Waals surface area contributed by atoms with Crippen LogP contribution < -0.4 is 10.6 Å². The van der Waals surface area contributed by atoms with Crippen LogP contribution in [0.5, 0.6) is 0 Å². The van der Waals surface area contributed by atoms with Crippen LogP contribution in [0.25, 0.3) is 0 Å². The second-order valence-corrected chi connectivity index (χ2v) is 5.08. The zero-order chi connectivity index (χ0) is 14.0. The molecule has 2 N–H and O–H groups in total. The average Bonchev–Trinajstić information content (AvgIpc) is 2.38. The second kappa shape index (κ2) is 5.36. The molecule has 3 nitrogen and oxygen atoms in total. The van der Waals surface area contributed by atoms with Gasteiger partial charge in [0, 0.05) is 25.3 Å². The minimum atomic E-state index is -4.33. The molecule has 0 radical (unpaired) electrons. The quantitative estimate of drug-likeness (QED) is 0.901. The maximum Gasteiger partial charge on any atom is 0.417 e. The molecule has 0 aromatic carbocycles. The topological polar surface area (TPSA) is 42.2 Å². The van der Waals surface area contributed by atoms with E-state index in [1.807, 2.05) is 11.9 Å². The van der Waals surface area contributed by atoms with Gasteiger partial charge < -0.3 is 10.6 Å². The Balaban J connectivity index is 2.05. The van der Waals surface area contributed by atoms with Crippen LogP contribution in [0, 0.1) is 0 Å². The lowest BCUT2D eigenvalue weighted by Crippen LogP contribution is -2.39. The fourth-order valence-corrected chi connectivity index (χ4v) is 2.44. The van der Waals surface area contributed by atoms with Gasteiger partial charge in [-0.15, -0.1) is 0 Å². The number of halogens is 3. The first-order chi connectivity index (χ1) is 8.88. The van der Waals surface area contributed by atoms with Crippen LogP contribution in [0.1, 0.15) is 31.2 Å². The van der Waals surface area contributed by atoms with Crippen molar-refractivity contribution in [2.45, 2.75) is 43.9 Å². The van der Waals surface area contributed by atoms with Crippen LogP contribution in [0.15, 0.2) is 18.3 Å². The van der Waals surface area contributed by atoms with E-state index >= 15 is 0 Å². The molecular weight excluding hydrogens is 255 g/mol. The van der Waals surface area contributed by atoms with Crippen molar-refractivity contribution >= 4 is 5.82 Å². The molecule has 6 heteroatoms. The molecule has 106 valence electrons. The van der Waals surface area contributed by atoms with Crippen molar-refractivity contribution in [1.82, 2.24) is 4.98 Å². The largest absolute Gasteiger partial charge is 0.417 e. The second-order valence-electron chi connectivity index (χ2n) is 5.08. The lowest BCUT2D eigenvalue weighted by Gasteiger charge is -2.34. The van der Waals surface area contributed by atoms with Gasteiger partial charge >= 0.3 is 6.18 Å². The van der Waals surface area contributed by atoms with Crippen LogP contribution in [0.4, 0.5) is 19.0 Å². The zero-order valence-corrected chi connectivity index (χ0v) is 10.8. The number of nitrogens with two attached hydrogens (primary N) is 1. The van der Waals surface area contributed by atoms with Gasteiger partial charge in [-0.2, -0.15) is 13.2 Å². The molecule has 1 fully saturated rings. The fraction of sp³-hybridized carbons (Fsp3) is 0.615. The van der Waals surface area contributed by atoms with Crippen molar-refractivity contribution < 1.29 is 13.2 Å². The van der Waals surface area contributed by atoms with Crippen molar-refractivity contribution in [2.24, 2.45) is 5.73 Å². The van der Waals surface area contributed by atoms with Gasteiger partial charge in [-0.3, -0.25) is 0 Å². The van der Waals surface area contributed by atoms with Crippen LogP contribution in [-0.2, 0) is 6.18 Å². The molecule has 0 unspecified atom stereocenters. The predicted octanol–water partition coefficient (Wildman–Crippen LogP) is 2.81. The summed E-state index contributed by atoms with van der Waals surface area (Å²) in [4.78, 5) is 5.86. The van der Waals surface area contributed by atoms with Gasteiger partial charge in [-0.05, 0) is 37.8 Å². The zero-order valence-electron chi connectivity index (χ0n) is 10.8. The number of hydrogen-bond acceptors (Lipinski definition) is 3. The van der Waals surface area contributed by atoms with Gasteiger partial charge in [0.25, 0.3) is 0 Å². The molecule has 1 aliphatic carbocycles. The highest BCUT2D eigenvalue weighted by Crippen LogP contribution is 2.30. The Bertz CT molecular complexity index is 408. The minimum Gasteiger partial charge on any atom is -0.357 e. The van der Waals surface area contributed by atoms with Crippen molar-refractivity contribution in [1.29, 1.82) is 0 Å². The molecule has 1 saturated carbocycles. The standard InChI is InChI=1S/C13H18F3N3/c1-19(11-5-3-10(17)4-6-11)12-7-2-9(8-18-12)13(14,15)16/h2,7-8,10-11H,3-6,17H2,1H3. The maximum atomic E-state index is 12.5. The van der Waals surface area contributed by atoms with Crippen LogP contribution in [-0.4, -0.2) is 24.1 Å². The van der Waals surface area contributed by atoms with E-state index in [2.05, 4.69) is 4.98 Å². The van der Waals surface area contributed by atoms with E-state index < -0.39 is 11.7 Å². The van der Waals surface area contributed by atoms with Crippen molar-refractivity contribution in [3.63, 3.8) is 0 Å². The molecule has 0 spiro atoms. The van der Waals surface area contributed by atoms with Gasteiger partial charge in [0.05, 0.1) is 5.56 Å². The molecule has 1 aromatic rings. The summed E-state index contributed by atoms with van der Waals surface area (Å²) in [5.41, 5.74) is 5.13. The summed E-state index contributed by atoms with van der Waals surface area (Å²) in [6.45, 7) is 0. The summed E-state index contributed by atoms with van der Waals surface area (Å²) in [5, 5.41) is 0. The van der Waals surface area contributed by atoms with Gasteiger partial charge in [-0.25, -0.2) is 4.98 Å². The molecule has 0 atom stereocenters. The van der Waals surface area contributed by atoms with E-state index in [0.717, 1.165) is 37.9 Å². The Morgan fingerprint density at radius 2 is 1.84 bits per heavy atom. The highest BCUT2D eigenvalue weighted by atomic mass is 19.4. The van der Waals surface area contributed by atoms with E-state index in [1.165, 1.54) is 6.07 Å². The Labute approximate surface area is 110 Å². The number of rotatable bonds is 2. The molecule has 1 heterocycles. The lowest BCUT2D eigenvalue weighted by atomic mass is 9.91. The molecule has 2 rings (SSSR count). The Morgan fingerprint density at radius 3 is 2.32 bits per heavy atom. The van der Waals surface area contributed by atoms with Gasteiger partial charge in [0.1, 0.15) is 5.82 Å². The summed E-state index contributed by atoms with van der Waals surface area (Å²) >= 11 is 0. The normalized spacial score (nSPS) is 24.3. The highest BCUT2D eigenvalue weighted by molar-refractivity contribution is 5.40. The summed E-state index contributed by atoms with van der Waals surface area (Å²) in [6, 6.07) is 3.07. The first kappa shape index (κ1) is 14.1.